The summed E-state index contributed by atoms with van der Waals surface area (Å²) in [7, 11) is 0. The van der Waals surface area contributed by atoms with Crippen LogP contribution in [-0.4, -0.2) is 27.5 Å². The van der Waals surface area contributed by atoms with Crippen LogP contribution in [0.4, 0.5) is 0 Å². The fraction of sp³-hybridized carbons (Fsp3) is 0.333. The minimum absolute atomic E-state index is 0.158. The molecule has 1 aromatic heterocycles. The van der Waals surface area contributed by atoms with Gasteiger partial charge in [0.25, 0.3) is 5.56 Å². The second-order valence-corrected chi connectivity index (χ2v) is 7.17. The summed E-state index contributed by atoms with van der Waals surface area (Å²) in [4.78, 5) is 28.5. The number of nitrogens with one attached hydrogen (secondary N) is 1. The molecule has 0 saturated carbocycles. The number of fused-ring (bicyclic) bond motifs is 1. The molecule has 5 heteroatoms. The Morgan fingerprint density at radius 3 is 2.54 bits per heavy atom. The first kappa shape index (κ1) is 16.8. The minimum Gasteiger partial charge on any atom is -0.299 e. The maximum Gasteiger partial charge on any atom is 0.328 e. The highest BCUT2D eigenvalue weighted by atomic mass is 16.2. The van der Waals surface area contributed by atoms with Gasteiger partial charge in [0.1, 0.15) is 0 Å². The lowest BCUT2D eigenvalue weighted by Gasteiger charge is -2.32. The van der Waals surface area contributed by atoms with Crippen molar-refractivity contribution in [2.75, 3.05) is 13.1 Å². The fourth-order valence-electron chi connectivity index (χ4n) is 3.81. The number of aromatic nitrogens is 2. The van der Waals surface area contributed by atoms with Crippen LogP contribution in [0.25, 0.3) is 10.8 Å². The van der Waals surface area contributed by atoms with E-state index in [0.29, 0.717) is 5.56 Å². The van der Waals surface area contributed by atoms with Crippen molar-refractivity contribution in [3.63, 3.8) is 0 Å². The third-order valence-electron chi connectivity index (χ3n) is 5.32. The first-order chi connectivity index (χ1) is 12.6. The molecule has 1 aliphatic rings. The second kappa shape index (κ2) is 6.92. The highest BCUT2D eigenvalue weighted by molar-refractivity contribution is 5.82. The molecule has 0 amide bonds. The van der Waals surface area contributed by atoms with Gasteiger partial charge >= 0.3 is 5.69 Å². The number of likely N-dealkylation sites (tertiary alicyclic amines) is 1. The molecule has 0 unspecified atom stereocenters. The van der Waals surface area contributed by atoms with Gasteiger partial charge < -0.3 is 0 Å². The van der Waals surface area contributed by atoms with E-state index in [2.05, 4.69) is 52.3 Å². The molecule has 2 heterocycles. The van der Waals surface area contributed by atoms with Crippen LogP contribution in [0.2, 0.25) is 0 Å². The van der Waals surface area contributed by atoms with Gasteiger partial charge in [-0.15, -0.1) is 0 Å². The molecule has 0 spiro atoms. The molecule has 1 N–H and O–H groups in total. The monoisotopic (exact) mass is 349 g/mol. The number of hydrogen-bond acceptors (Lipinski definition) is 3. The van der Waals surface area contributed by atoms with E-state index in [0.717, 1.165) is 32.5 Å². The third-order valence-corrected chi connectivity index (χ3v) is 5.32. The molecule has 26 heavy (non-hydrogen) atoms. The molecule has 3 aromatic rings. The zero-order chi connectivity index (χ0) is 18.1. The third kappa shape index (κ3) is 3.35. The summed E-state index contributed by atoms with van der Waals surface area (Å²) in [5.74, 6) is 0. The van der Waals surface area contributed by atoms with E-state index in [1.165, 1.54) is 16.3 Å². The lowest BCUT2D eigenvalue weighted by Crippen LogP contribution is -2.39. The first-order valence-electron chi connectivity index (χ1n) is 9.12. The summed E-state index contributed by atoms with van der Waals surface area (Å²) in [5, 5.41) is 2.54. The van der Waals surface area contributed by atoms with Gasteiger partial charge in [-0.1, -0.05) is 36.4 Å². The van der Waals surface area contributed by atoms with Crippen LogP contribution < -0.4 is 11.2 Å². The van der Waals surface area contributed by atoms with E-state index < -0.39 is 0 Å². The van der Waals surface area contributed by atoms with Gasteiger partial charge in [-0.25, -0.2) is 4.79 Å². The van der Waals surface area contributed by atoms with E-state index in [4.69, 9.17) is 0 Å². The Morgan fingerprint density at radius 2 is 1.77 bits per heavy atom. The smallest absolute Gasteiger partial charge is 0.299 e. The Hall–Kier alpha value is -2.66. The molecule has 1 aliphatic heterocycles. The van der Waals surface area contributed by atoms with E-state index >= 15 is 0 Å². The topological polar surface area (TPSA) is 58.1 Å². The predicted molar refractivity (Wildman–Crippen MR) is 104 cm³/mol. The number of piperidine rings is 1. The zero-order valence-electron chi connectivity index (χ0n) is 14.9. The van der Waals surface area contributed by atoms with Gasteiger partial charge in [0.05, 0.1) is 0 Å². The molecule has 134 valence electrons. The maximum absolute atomic E-state index is 12.1. The van der Waals surface area contributed by atoms with E-state index in [-0.39, 0.29) is 17.3 Å². The minimum atomic E-state index is -0.298. The van der Waals surface area contributed by atoms with Crippen molar-refractivity contribution in [1.29, 1.82) is 0 Å². The van der Waals surface area contributed by atoms with Gasteiger partial charge in [0, 0.05) is 37.4 Å². The van der Waals surface area contributed by atoms with Crippen molar-refractivity contribution in [2.45, 2.75) is 32.4 Å². The molecule has 1 saturated heterocycles. The fourth-order valence-corrected chi connectivity index (χ4v) is 3.81. The van der Waals surface area contributed by atoms with Crippen LogP contribution in [-0.2, 0) is 6.54 Å². The van der Waals surface area contributed by atoms with Crippen molar-refractivity contribution in [1.82, 2.24) is 14.5 Å². The Labute approximate surface area is 151 Å². The summed E-state index contributed by atoms with van der Waals surface area (Å²) in [6.45, 7) is 4.56. The van der Waals surface area contributed by atoms with Crippen LogP contribution in [0.1, 0.15) is 30.0 Å². The summed E-state index contributed by atoms with van der Waals surface area (Å²) in [6, 6.07) is 15.2. The first-order valence-corrected chi connectivity index (χ1v) is 9.12. The molecule has 2 aromatic carbocycles. The molecular formula is C21H23N3O2. The number of aryl methyl sites for hydroxylation is 1. The molecular weight excluding hydrogens is 326 g/mol. The normalized spacial score (nSPS) is 16.2. The molecule has 0 bridgehead atoms. The number of H-pyrrole nitrogens is 1. The predicted octanol–water partition coefficient (Wildman–Crippen LogP) is 2.84. The van der Waals surface area contributed by atoms with Gasteiger partial charge in [-0.05, 0) is 42.2 Å². The Morgan fingerprint density at radius 1 is 1.04 bits per heavy atom. The standard InChI is InChI=1S/C21H23N3O2/c1-15-13-24(21(26)22-20(15)25)19-8-10-23(11-9-19)14-16-6-7-17-4-2-3-5-18(17)12-16/h2-7,12-13,19H,8-11,14H2,1H3,(H,22,25,26). The summed E-state index contributed by atoms with van der Waals surface area (Å²) in [6.07, 6.45) is 3.53. The lowest BCUT2D eigenvalue weighted by molar-refractivity contribution is 0.177. The van der Waals surface area contributed by atoms with E-state index in [9.17, 15) is 9.59 Å². The van der Waals surface area contributed by atoms with E-state index in [1.54, 1.807) is 17.7 Å². The quantitative estimate of drug-likeness (QED) is 0.791. The van der Waals surface area contributed by atoms with Crippen LogP contribution in [0.15, 0.2) is 58.3 Å². The molecule has 4 rings (SSSR count). The van der Waals surface area contributed by atoms with Crippen LogP contribution in [0, 0.1) is 6.92 Å². The van der Waals surface area contributed by atoms with E-state index in [1.807, 2.05) is 0 Å². The highest BCUT2D eigenvalue weighted by Gasteiger charge is 2.21. The lowest BCUT2D eigenvalue weighted by atomic mass is 10.0. The largest absolute Gasteiger partial charge is 0.328 e. The SMILES string of the molecule is Cc1cn(C2CCN(Cc3ccc4ccccc4c3)CC2)c(=O)[nH]c1=O. The van der Waals surface area contributed by atoms with Crippen LogP contribution in [0.3, 0.4) is 0 Å². The van der Waals surface area contributed by atoms with Gasteiger partial charge in [0.2, 0.25) is 0 Å². The Bertz CT molecular complexity index is 1040. The average molecular weight is 349 g/mol. The number of aromatic amines is 1. The number of benzene rings is 2. The van der Waals surface area contributed by atoms with Crippen molar-refractivity contribution in [2.24, 2.45) is 0 Å². The summed E-state index contributed by atoms with van der Waals surface area (Å²) < 4.78 is 1.70. The molecule has 0 radical (unpaired) electrons. The second-order valence-electron chi connectivity index (χ2n) is 7.17. The van der Waals surface area contributed by atoms with Crippen LogP contribution >= 0.6 is 0 Å². The van der Waals surface area contributed by atoms with Gasteiger partial charge in [-0.3, -0.25) is 19.2 Å². The van der Waals surface area contributed by atoms with Crippen LogP contribution in [0.5, 0.6) is 0 Å². The number of nitrogens with zero attached hydrogens (tertiary/aromatic N) is 2. The van der Waals surface area contributed by atoms with Crippen molar-refractivity contribution in [3.8, 4) is 0 Å². The highest BCUT2D eigenvalue weighted by Crippen LogP contribution is 2.23. The zero-order valence-corrected chi connectivity index (χ0v) is 14.9. The number of rotatable bonds is 3. The summed E-state index contributed by atoms with van der Waals surface area (Å²) >= 11 is 0. The Kier molecular flexibility index (Phi) is 4.47. The molecule has 5 nitrogen and oxygen atoms in total. The van der Waals surface area contributed by atoms with Gasteiger partial charge in [-0.2, -0.15) is 0 Å². The molecule has 1 fully saturated rings. The maximum atomic E-state index is 12.1. The molecule has 0 atom stereocenters. The average Bonchev–Trinajstić information content (AvgIpc) is 2.65. The van der Waals surface area contributed by atoms with Crippen molar-refractivity contribution < 1.29 is 0 Å². The number of hydrogen-bond donors (Lipinski definition) is 1. The Balaban J connectivity index is 1.44. The van der Waals surface area contributed by atoms with Crippen molar-refractivity contribution in [3.05, 3.63) is 80.6 Å². The van der Waals surface area contributed by atoms with Gasteiger partial charge in [0.15, 0.2) is 0 Å². The summed E-state index contributed by atoms with van der Waals surface area (Å²) in [5.41, 5.74) is 1.32. The van der Waals surface area contributed by atoms with Crippen molar-refractivity contribution >= 4 is 10.8 Å². The molecule has 0 aliphatic carbocycles.